The fourth-order valence-corrected chi connectivity index (χ4v) is 2.81. The second-order valence-corrected chi connectivity index (χ2v) is 5.19. The van der Waals surface area contributed by atoms with E-state index in [1.165, 1.54) is 32.1 Å². The van der Waals surface area contributed by atoms with Crippen LogP contribution in [0, 0.1) is 5.92 Å². The molecule has 1 fully saturated rings. The van der Waals surface area contributed by atoms with Gasteiger partial charge in [0.1, 0.15) is 0 Å². The molecule has 17 heavy (non-hydrogen) atoms. The first-order chi connectivity index (χ1) is 8.29. The smallest absolute Gasteiger partial charge is 0.0842 e. The number of hydrogen-bond acceptors (Lipinski definition) is 3. The molecule has 1 saturated carbocycles. The van der Waals surface area contributed by atoms with Crippen molar-refractivity contribution in [3.8, 4) is 0 Å². The Morgan fingerprint density at radius 3 is 2.82 bits per heavy atom. The van der Waals surface area contributed by atoms with E-state index in [1.807, 2.05) is 13.2 Å². The predicted molar refractivity (Wildman–Crippen MR) is 68.7 cm³/mol. The first-order valence-corrected chi connectivity index (χ1v) is 6.88. The minimum Gasteiger partial charge on any atom is -0.313 e. The summed E-state index contributed by atoms with van der Waals surface area (Å²) in [5.41, 5.74) is 1.12. The van der Waals surface area contributed by atoms with Crippen molar-refractivity contribution >= 4 is 0 Å². The molecule has 1 aliphatic carbocycles. The summed E-state index contributed by atoms with van der Waals surface area (Å²) >= 11 is 0. The van der Waals surface area contributed by atoms with Crippen molar-refractivity contribution in [2.24, 2.45) is 13.0 Å². The molecule has 96 valence electrons. The molecule has 4 heteroatoms. The second-order valence-electron chi connectivity index (χ2n) is 5.19. The summed E-state index contributed by atoms with van der Waals surface area (Å²) < 4.78 is 1.79. The number of aromatic nitrogens is 3. The van der Waals surface area contributed by atoms with E-state index in [4.69, 9.17) is 0 Å². The minimum absolute atomic E-state index is 0.592. The second kappa shape index (κ2) is 6.15. The Kier molecular flexibility index (Phi) is 4.54. The molecule has 0 aliphatic heterocycles. The Labute approximate surface area is 104 Å². The molecule has 1 aliphatic rings. The van der Waals surface area contributed by atoms with Crippen molar-refractivity contribution in [3.63, 3.8) is 0 Å². The SMILES string of the molecule is CCCNC(Cc1cn(C)nn1)C1CCCC1. The van der Waals surface area contributed by atoms with Crippen LogP contribution in [0.1, 0.15) is 44.7 Å². The monoisotopic (exact) mass is 236 g/mol. The van der Waals surface area contributed by atoms with E-state index >= 15 is 0 Å². The Bertz CT molecular complexity index is 328. The quantitative estimate of drug-likeness (QED) is 0.820. The zero-order valence-electron chi connectivity index (χ0n) is 11.0. The van der Waals surface area contributed by atoms with Crippen LogP contribution in [0.25, 0.3) is 0 Å². The maximum Gasteiger partial charge on any atom is 0.0842 e. The lowest BCUT2D eigenvalue weighted by Crippen LogP contribution is -2.37. The lowest BCUT2D eigenvalue weighted by Gasteiger charge is -2.23. The molecule has 0 spiro atoms. The summed E-state index contributed by atoms with van der Waals surface area (Å²) in [5.74, 6) is 0.837. The Hall–Kier alpha value is -0.900. The van der Waals surface area contributed by atoms with E-state index in [0.717, 1.165) is 24.6 Å². The summed E-state index contributed by atoms with van der Waals surface area (Å²) in [4.78, 5) is 0. The molecular formula is C13H24N4. The highest BCUT2D eigenvalue weighted by Crippen LogP contribution is 2.29. The molecule has 0 radical (unpaired) electrons. The molecule has 1 unspecified atom stereocenters. The van der Waals surface area contributed by atoms with Gasteiger partial charge in [0.15, 0.2) is 0 Å². The van der Waals surface area contributed by atoms with Crippen LogP contribution in [0.3, 0.4) is 0 Å². The third kappa shape index (κ3) is 3.53. The van der Waals surface area contributed by atoms with Gasteiger partial charge in [0.25, 0.3) is 0 Å². The third-order valence-electron chi connectivity index (χ3n) is 3.70. The van der Waals surface area contributed by atoms with E-state index < -0.39 is 0 Å². The van der Waals surface area contributed by atoms with E-state index in [-0.39, 0.29) is 0 Å². The van der Waals surface area contributed by atoms with Crippen LogP contribution in [-0.4, -0.2) is 27.6 Å². The van der Waals surface area contributed by atoms with Crippen molar-refractivity contribution in [1.82, 2.24) is 20.3 Å². The van der Waals surface area contributed by atoms with Crippen molar-refractivity contribution in [2.45, 2.75) is 51.5 Å². The molecule has 4 nitrogen and oxygen atoms in total. The third-order valence-corrected chi connectivity index (χ3v) is 3.70. The van der Waals surface area contributed by atoms with Crippen molar-refractivity contribution < 1.29 is 0 Å². The van der Waals surface area contributed by atoms with Crippen LogP contribution in [0.4, 0.5) is 0 Å². The Morgan fingerprint density at radius 2 is 2.24 bits per heavy atom. The van der Waals surface area contributed by atoms with Gasteiger partial charge in [-0.1, -0.05) is 25.0 Å². The molecule has 0 saturated heterocycles. The summed E-state index contributed by atoms with van der Waals surface area (Å²) in [6.45, 7) is 3.34. The average Bonchev–Trinajstić information content (AvgIpc) is 2.95. The Balaban J connectivity index is 1.94. The van der Waals surface area contributed by atoms with Crippen molar-refractivity contribution in [2.75, 3.05) is 6.54 Å². The molecule has 1 aromatic heterocycles. The van der Waals surface area contributed by atoms with Crippen LogP contribution in [0.15, 0.2) is 6.20 Å². The van der Waals surface area contributed by atoms with Crippen LogP contribution >= 0.6 is 0 Å². The summed E-state index contributed by atoms with van der Waals surface area (Å²) in [5, 5.41) is 11.9. The van der Waals surface area contributed by atoms with Gasteiger partial charge in [0, 0.05) is 25.7 Å². The van der Waals surface area contributed by atoms with Crippen molar-refractivity contribution in [3.05, 3.63) is 11.9 Å². The maximum absolute atomic E-state index is 4.21. The van der Waals surface area contributed by atoms with Crippen LogP contribution in [0.5, 0.6) is 0 Å². The summed E-state index contributed by atoms with van der Waals surface area (Å²) in [6, 6.07) is 0.592. The van der Waals surface area contributed by atoms with Gasteiger partial charge in [-0.25, -0.2) is 0 Å². The summed E-state index contributed by atoms with van der Waals surface area (Å²) in [6.07, 6.45) is 9.81. The molecule has 1 aromatic rings. The fraction of sp³-hybridized carbons (Fsp3) is 0.846. The van der Waals surface area contributed by atoms with Gasteiger partial charge >= 0.3 is 0 Å². The van der Waals surface area contributed by atoms with E-state index in [2.05, 4.69) is 22.6 Å². The van der Waals surface area contributed by atoms with Crippen LogP contribution < -0.4 is 5.32 Å². The number of nitrogens with zero attached hydrogens (tertiary/aromatic N) is 3. The number of hydrogen-bond donors (Lipinski definition) is 1. The van der Waals surface area contributed by atoms with Crippen LogP contribution in [0.2, 0.25) is 0 Å². The molecule has 0 aromatic carbocycles. The zero-order valence-corrected chi connectivity index (χ0v) is 11.0. The molecule has 1 N–H and O–H groups in total. The number of nitrogens with one attached hydrogen (secondary N) is 1. The first kappa shape index (κ1) is 12.6. The molecular weight excluding hydrogens is 212 g/mol. The van der Waals surface area contributed by atoms with Gasteiger partial charge in [0.05, 0.1) is 5.69 Å². The highest BCUT2D eigenvalue weighted by Gasteiger charge is 2.25. The molecule has 0 amide bonds. The zero-order chi connectivity index (χ0) is 12.1. The number of rotatable bonds is 6. The molecule has 1 atom stereocenters. The Morgan fingerprint density at radius 1 is 1.47 bits per heavy atom. The lowest BCUT2D eigenvalue weighted by molar-refractivity contribution is 0.354. The molecule has 2 rings (SSSR count). The van der Waals surface area contributed by atoms with E-state index in [0.29, 0.717) is 6.04 Å². The fourth-order valence-electron chi connectivity index (χ4n) is 2.81. The summed E-state index contributed by atoms with van der Waals surface area (Å²) in [7, 11) is 1.93. The van der Waals surface area contributed by atoms with Gasteiger partial charge in [-0.2, -0.15) is 0 Å². The highest BCUT2D eigenvalue weighted by atomic mass is 15.4. The topological polar surface area (TPSA) is 42.7 Å². The molecule has 1 heterocycles. The van der Waals surface area contributed by atoms with Crippen molar-refractivity contribution in [1.29, 1.82) is 0 Å². The van der Waals surface area contributed by atoms with Gasteiger partial charge < -0.3 is 5.32 Å². The average molecular weight is 236 g/mol. The van der Waals surface area contributed by atoms with Crippen LogP contribution in [-0.2, 0) is 13.5 Å². The largest absolute Gasteiger partial charge is 0.313 e. The minimum atomic E-state index is 0.592. The predicted octanol–water partition coefficient (Wildman–Crippen LogP) is 1.92. The van der Waals surface area contributed by atoms with E-state index in [1.54, 1.807) is 4.68 Å². The highest BCUT2D eigenvalue weighted by molar-refractivity contribution is 4.98. The standard InChI is InChI=1S/C13H24N4/c1-3-8-14-13(11-6-4-5-7-11)9-12-10-17(2)16-15-12/h10-11,13-14H,3-9H2,1-2H3. The van der Waals surface area contributed by atoms with Gasteiger partial charge in [0.2, 0.25) is 0 Å². The van der Waals surface area contributed by atoms with Gasteiger partial charge in [-0.05, 0) is 31.7 Å². The van der Waals surface area contributed by atoms with Gasteiger partial charge in [-0.15, -0.1) is 5.10 Å². The van der Waals surface area contributed by atoms with E-state index in [9.17, 15) is 0 Å². The first-order valence-electron chi connectivity index (χ1n) is 6.88. The lowest BCUT2D eigenvalue weighted by atomic mass is 9.94. The maximum atomic E-state index is 4.21. The normalized spacial score (nSPS) is 18.7. The number of aryl methyl sites for hydroxylation is 1. The molecule has 0 bridgehead atoms. The van der Waals surface area contributed by atoms with Gasteiger partial charge in [-0.3, -0.25) is 4.68 Å².